The second-order valence-corrected chi connectivity index (χ2v) is 7.54. The summed E-state index contributed by atoms with van der Waals surface area (Å²) in [6, 6.07) is 10.6. The van der Waals surface area contributed by atoms with Gasteiger partial charge in [-0.15, -0.1) is 11.3 Å². The molecule has 2 amide bonds. The maximum Gasteiger partial charge on any atom is 0.405 e. The first-order chi connectivity index (χ1) is 13.0. The number of carbonyl (C=O) groups is 3. The first-order valence-electron chi connectivity index (χ1n) is 8.99. The van der Waals surface area contributed by atoms with E-state index in [2.05, 4.69) is 12.2 Å². The summed E-state index contributed by atoms with van der Waals surface area (Å²) < 4.78 is 0. The van der Waals surface area contributed by atoms with Crippen LogP contribution in [0.3, 0.4) is 0 Å². The summed E-state index contributed by atoms with van der Waals surface area (Å²) in [5.41, 5.74) is -0.374. The predicted octanol–water partition coefficient (Wildman–Crippen LogP) is 4.02. The fraction of sp³-hybridized carbons (Fsp3) is 0.350. The van der Waals surface area contributed by atoms with Crippen molar-refractivity contribution >= 4 is 34.8 Å². The van der Waals surface area contributed by atoms with Crippen molar-refractivity contribution in [1.29, 1.82) is 0 Å². The van der Waals surface area contributed by atoms with Crippen LogP contribution in [0, 0.1) is 0 Å². The van der Waals surface area contributed by atoms with Crippen LogP contribution in [0.2, 0.25) is 0 Å². The number of Topliss-reactive ketones (excluding diaryl/α,β-unsaturated/α-hetero) is 1. The van der Waals surface area contributed by atoms with Gasteiger partial charge in [-0.3, -0.25) is 9.59 Å². The molecule has 1 aromatic carbocycles. The molecule has 1 aliphatic rings. The number of thiophene rings is 1. The Kier molecular flexibility index (Phi) is 5.60. The Hall–Kier alpha value is -2.67. The van der Waals surface area contributed by atoms with Gasteiger partial charge < -0.3 is 15.3 Å². The molecule has 0 saturated carbocycles. The maximum atomic E-state index is 13.4. The topological polar surface area (TPSA) is 86.7 Å². The zero-order chi connectivity index (χ0) is 19.4. The number of unbranched alkanes of at least 4 members (excludes halogenated alkanes) is 2. The van der Waals surface area contributed by atoms with E-state index < -0.39 is 11.6 Å². The van der Waals surface area contributed by atoms with Crippen molar-refractivity contribution < 1.29 is 19.5 Å². The summed E-state index contributed by atoms with van der Waals surface area (Å²) in [6.07, 6.45) is 1.24. The van der Waals surface area contributed by atoms with E-state index in [1.54, 1.807) is 40.6 Å². The monoisotopic (exact) mass is 386 g/mol. The van der Waals surface area contributed by atoms with Crippen LogP contribution in [0.5, 0.6) is 0 Å². The summed E-state index contributed by atoms with van der Waals surface area (Å²) in [7, 11) is 0. The molecule has 0 bridgehead atoms. The van der Waals surface area contributed by atoms with Crippen LogP contribution in [-0.2, 0) is 10.3 Å². The van der Waals surface area contributed by atoms with Gasteiger partial charge in [0.1, 0.15) is 0 Å². The molecule has 27 heavy (non-hydrogen) atoms. The normalized spacial score (nSPS) is 18.4. The lowest BCUT2D eigenvalue weighted by atomic mass is 9.85. The van der Waals surface area contributed by atoms with Gasteiger partial charge in [-0.25, -0.2) is 4.79 Å². The van der Waals surface area contributed by atoms with Crippen molar-refractivity contribution in [3.8, 4) is 0 Å². The minimum absolute atomic E-state index is 0.236. The number of rotatable bonds is 8. The Balaban J connectivity index is 2.02. The molecule has 6 nitrogen and oxygen atoms in total. The van der Waals surface area contributed by atoms with Gasteiger partial charge in [0.25, 0.3) is 5.91 Å². The number of benzene rings is 1. The zero-order valence-corrected chi connectivity index (χ0v) is 15.9. The molecular formula is C20H22N2O4S. The van der Waals surface area contributed by atoms with E-state index in [0.717, 1.165) is 19.3 Å². The molecule has 0 fully saturated rings. The number of nitrogens with one attached hydrogen (secondary N) is 1. The zero-order valence-electron chi connectivity index (χ0n) is 15.1. The van der Waals surface area contributed by atoms with Crippen LogP contribution in [0.15, 0.2) is 41.8 Å². The molecule has 2 heterocycles. The number of ketones is 1. The molecule has 1 unspecified atom stereocenters. The second kappa shape index (κ2) is 7.92. The highest BCUT2D eigenvalue weighted by atomic mass is 32.1. The number of fused-ring (bicyclic) bond motifs is 1. The van der Waals surface area contributed by atoms with Gasteiger partial charge in [0.2, 0.25) is 0 Å². The van der Waals surface area contributed by atoms with Gasteiger partial charge in [0.15, 0.2) is 11.3 Å². The Morgan fingerprint density at radius 1 is 1.19 bits per heavy atom. The van der Waals surface area contributed by atoms with Crippen LogP contribution < -0.4 is 10.2 Å². The number of carbonyl (C=O) groups excluding carboxylic acids is 2. The quantitative estimate of drug-likeness (QED) is 0.530. The average Bonchev–Trinajstić information content (AvgIpc) is 3.24. The van der Waals surface area contributed by atoms with E-state index in [-0.39, 0.29) is 18.1 Å². The van der Waals surface area contributed by atoms with Gasteiger partial charge in [-0.1, -0.05) is 44.0 Å². The highest BCUT2D eigenvalue weighted by Crippen LogP contribution is 2.43. The van der Waals surface area contributed by atoms with E-state index >= 15 is 0 Å². The lowest BCUT2D eigenvalue weighted by Gasteiger charge is -2.28. The largest absolute Gasteiger partial charge is 0.465 e. The van der Waals surface area contributed by atoms with E-state index in [9.17, 15) is 19.5 Å². The highest BCUT2D eigenvalue weighted by Gasteiger charge is 2.53. The molecule has 0 radical (unpaired) electrons. The fourth-order valence-electron chi connectivity index (χ4n) is 3.55. The molecule has 1 aliphatic heterocycles. The van der Waals surface area contributed by atoms with Crippen molar-refractivity contribution in [2.75, 3.05) is 11.4 Å². The SMILES string of the molecule is CCCCCN1C(=O)C(CC(=O)c2cccs2)(NC(=O)O)c2ccccc21. The lowest BCUT2D eigenvalue weighted by Crippen LogP contribution is -2.54. The highest BCUT2D eigenvalue weighted by molar-refractivity contribution is 7.12. The molecule has 7 heteroatoms. The summed E-state index contributed by atoms with van der Waals surface area (Å²) >= 11 is 1.28. The second-order valence-electron chi connectivity index (χ2n) is 6.59. The first-order valence-corrected chi connectivity index (χ1v) is 9.87. The third kappa shape index (κ3) is 3.60. The number of hydrogen-bond acceptors (Lipinski definition) is 4. The minimum Gasteiger partial charge on any atom is -0.465 e. The smallest absolute Gasteiger partial charge is 0.405 e. The fourth-order valence-corrected chi connectivity index (χ4v) is 4.21. The number of amides is 2. The average molecular weight is 386 g/mol. The summed E-state index contributed by atoms with van der Waals surface area (Å²) in [6.45, 7) is 2.58. The molecule has 1 atom stereocenters. The molecule has 0 saturated heterocycles. The third-order valence-corrected chi connectivity index (χ3v) is 5.70. The Morgan fingerprint density at radius 2 is 1.96 bits per heavy atom. The minimum atomic E-state index is -1.59. The molecule has 3 rings (SSSR count). The summed E-state index contributed by atoms with van der Waals surface area (Å²) in [5, 5.41) is 13.6. The Labute approximate surface area is 161 Å². The summed E-state index contributed by atoms with van der Waals surface area (Å²) in [4.78, 5) is 39.8. The van der Waals surface area contributed by atoms with Crippen LogP contribution in [0.1, 0.15) is 47.8 Å². The van der Waals surface area contributed by atoms with Crippen LogP contribution in [-0.4, -0.2) is 29.4 Å². The molecule has 142 valence electrons. The third-order valence-electron chi connectivity index (χ3n) is 4.79. The predicted molar refractivity (Wildman–Crippen MR) is 104 cm³/mol. The van der Waals surface area contributed by atoms with Gasteiger partial charge in [0.05, 0.1) is 4.88 Å². The molecule has 2 aromatic rings. The van der Waals surface area contributed by atoms with Gasteiger partial charge in [-0.05, 0) is 23.9 Å². The number of para-hydroxylation sites is 1. The van der Waals surface area contributed by atoms with E-state index in [1.165, 1.54) is 11.3 Å². The van der Waals surface area contributed by atoms with E-state index in [0.29, 0.717) is 22.7 Å². The van der Waals surface area contributed by atoms with Gasteiger partial charge >= 0.3 is 6.09 Å². The van der Waals surface area contributed by atoms with Gasteiger partial charge in [-0.2, -0.15) is 0 Å². The number of carboxylic acid groups (broad SMARTS) is 1. The molecule has 1 aromatic heterocycles. The van der Waals surface area contributed by atoms with Crippen molar-refractivity contribution in [3.63, 3.8) is 0 Å². The number of hydrogen-bond donors (Lipinski definition) is 2. The van der Waals surface area contributed by atoms with Crippen LogP contribution in [0.4, 0.5) is 10.5 Å². The molecule has 0 spiro atoms. The van der Waals surface area contributed by atoms with Crippen LogP contribution in [0.25, 0.3) is 0 Å². The Morgan fingerprint density at radius 3 is 2.63 bits per heavy atom. The van der Waals surface area contributed by atoms with E-state index in [1.807, 2.05) is 6.07 Å². The molecule has 0 aliphatic carbocycles. The molecular weight excluding hydrogens is 364 g/mol. The number of anilines is 1. The van der Waals surface area contributed by atoms with E-state index in [4.69, 9.17) is 0 Å². The Bertz CT molecular complexity index is 849. The van der Waals surface area contributed by atoms with Crippen molar-refractivity contribution in [2.45, 2.75) is 38.1 Å². The number of nitrogens with zero attached hydrogens (tertiary/aromatic N) is 1. The van der Waals surface area contributed by atoms with Crippen molar-refractivity contribution in [1.82, 2.24) is 5.32 Å². The van der Waals surface area contributed by atoms with Crippen LogP contribution >= 0.6 is 11.3 Å². The summed E-state index contributed by atoms with van der Waals surface area (Å²) in [5.74, 6) is -0.635. The lowest BCUT2D eigenvalue weighted by molar-refractivity contribution is -0.124. The standard InChI is InChI=1S/C20H22N2O4S/c1-2-3-6-11-22-15-9-5-4-8-14(15)20(18(22)24,21-19(25)26)13-16(23)17-10-7-12-27-17/h4-5,7-10,12,21H,2-3,6,11,13H2,1H3,(H,25,26). The maximum absolute atomic E-state index is 13.4. The molecule has 2 N–H and O–H groups in total. The van der Waals surface area contributed by atoms with Crippen molar-refractivity contribution in [2.24, 2.45) is 0 Å². The van der Waals surface area contributed by atoms with Gasteiger partial charge in [0, 0.05) is 24.2 Å². The first kappa shape index (κ1) is 19.1. The van der Waals surface area contributed by atoms with Crippen molar-refractivity contribution in [3.05, 3.63) is 52.2 Å².